The standard InChI is InChI=1S/C17H13Cl2N3O2/c1-10-3-2-4-11(7-10)17-22-21-15(24-17)9-20-16(23)13-6-5-12(18)8-14(13)19/h2-8H,9H2,1H3,(H,20,23). The molecule has 0 unspecified atom stereocenters. The molecule has 0 aliphatic rings. The van der Waals surface area contributed by atoms with Gasteiger partial charge in [0.15, 0.2) is 0 Å². The Hall–Kier alpha value is -2.37. The Morgan fingerprint density at radius 1 is 1.17 bits per heavy atom. The number of rotatable bonds is 4. The van der Waals surface area contributed by atoms with E-state index in [9.17, 15) is 4.79 Å². The summed E-state index contributed by atoms with van der Waals surface area (Å²) in [5, 5.41) is 11.4. The Morgan fingerprint density at radius 2 is 2.00 bits per heavy atom. The van der Waals surface area contributed by atoms with E-state index in [2.05, 4.69) is 15.5 Å². The van der Waals surface area contributed by atoms with Gasteiger partial charge in [-0.1, -0.05) is 40.9 Å². The van der Waals surface area contributed by atoms with Crippen molar-refractivity contribution in [3.8, 4) is 11.5 Å². The Kier molecular flexibility index (Phi) is 4.83. The molecule has 0 fully saturated rings. The smallest absolute Gasteiger partial charge is 0.253 e. The first-order valence-electron chi connectivity index (χ1n) is 7.15. The van der Waals surface area contributed by atoms with Crippen LogP contribution in [0.5, 0.6) is 0 Å². The third-order valence-corrected chi connectivity index (χ3v) is 3.86. The lowest BCUT2D eigenvalue weighted by Gasteiger charge is -2.05. The molecule has 24 heavy (non-hydrogen) atoms. The molecule has 3 aromatic rings. The third kappa shape index (κ3) is 3.75. The predicted octanol–water partition coefficient (Wildman–Crippen LogP) is 4.28. The van der Waals surface area contributed by atoms with Crippen LogP contribution in [0.2, 0.25) is 10.0 Å². The minimum atomic E-state index is -0.341. The number of benzene rings is 2. The van der Waals surface area contributed by atoms with E-state index < -0.39 is 0 Å². The normalized spacial score (nSPS) is 10.6. The van der Waals surface area contributed by atoms with Crippen molar-refractivity contribution in [3.63, 3.8) is 0 Å². The average molecular weight is 362 g/mol. The number of nitrogens with zero attached hydrogens (tertiary/aromatic N) is 2. The molecule has 1 N–H and O–H groups in total. The molecule has 0 saturated carbocycles. The van der Waals surface area contributed by atoms with Crippen LogP contribution in [0.1, 0.15) is 21.8 Å². The van der Waals surface area contributed by atoms with E-state index in [1.54, 1.807) is 12.1 Å². The van der Waals surface area contributed by atoms with E-state index in [0.29, 0.717) is 22.4 Å². The zero-order valence-corrected chi connectivity index (χ0v) is 14.2. The van der Waals surface area contributed by atoms with Crippen LogP contribution < -0.4 is 5.32 Å². The number of carbonyl (C=O) groups excluding carboxylic acids is 1. The van der Waals surface area contributed by atoms with E-state index in [1.807, 2.05) is 31.2 Å². The monoisotopic (exact) mass is 361 g/mol. The molecule has 1 amide bonds. The van der Waals surface area contributed by atoms with Crippen molar-refractivity contribution in [2.24, 2.45) is 0 Å². The number of hydrogen-bond acceptors (Lipinski definition) is 4. The Morgan fingerprint density at radius 3 is 2.75 bits per heavy atom. The second-order valence-electron chi connectivity index (χ2n) is 5.18. The highest BCUT2D eigenvalue weighted by Crippen LogP contribution is 2.21. The first-order valence-corrected chi connectivity index (χ1v) is 7.91. The lowest BCUT2D eigenvalue weighted by molar-refractivity contribution is 0.0947. The number of carbonyl (C=O) groups is 1. The topological polar surface area (TPSA) is 68.0 Å². The number of hydrogen-bond donors (Lipinski definition) is 1. The van der Waals surface area contributed by atoms with E-state index >= 15 is 0 Å². The van der Waals surface area contributed by atoms with Crippen LogP contribution in [-0.4, -0.2) is 16.1 Å². The van der Waals surface area contributed by atoms with Crippen molar-refractivity contribution in [1.29, 1.82) is 0 Å². The maximum atomic E-state index is 12.1. The highest BCUT2D eigenvalue weighted by molar-refractivity contribution is 6.36. The molecule has 0 spiro atoms. The number of amides is 1. The van der Waals surface area contributed by atoms with Gasteiger partial charge in [0.05, 0.1) is 17.1 Å². The number of aryl methyl sites for hydroxylation is 1. The van der Waals surface area contributed by atoms with Crippen molar-refractivity contribution in [1.82, 2.24) is 15.5 Å². The summed E-state index contributed by atoms with van der Waals surface area (Å²) in [6.45, 7) is 2.09. The molecular weight excluding hydrogens is 349 g/mol. The Balaban J connectivity index is 1.68. The van der Waals surface area contributed by atoms with E-state index in [0.717, 1.165) is 11.1 Å². The second kappa shape index (κ2) is 7.03. The molecule has 3 rings (SSSR count). The molecule has 5 nitrogen and oxygen atoms in total. The fourth-order valence-corrected chi connectivity index (χ4v) is 2.64. The highest BCUT2D eigenvalue weighted by atomic mass is 35.5. The van der Waals surface area contributed by atoms with Gasteiger partial charge in [0.2, 0.25) is 11.8 Å². The fourth-order valence-electron chi connectivity index (χ4n) is 2.14. The molecular formula is C17H13Cl2N3O2. The van der Waals surface area contributed by atoms with Crippen molar-refractivity contribution in [3.05, 3.63) is 69.5 Å². The minimum absolute atomic E-state index is 0.108. The number of halogens is 2. The molecule has 0 aliphatic heterocycles. The molecule has 122 valence electrons. The number of nitrogens with one attached hydrogen (secondary N) is 1. The average Bonchev–Trinajstić information content (AvgIpc) is 3.01. The van der Waals surface area contributed by atoms with Crippen LogP contribution >= 0.6 is 23.2 Å². The van der Waals surface area contributed by atoms with Crippen LogP contribution in [0.4, 0.5) is 0 Å². The van der Waals surface area contributed by atoms with Crippen LogP contribution in [0, 0.1) is 6.92 Å². The Bertz CT molecular complexity index is 893. The molecule has 1 aromatic heterocycles. The maximum absolute atomic E-state index is 12.1. The van der Waals surface area contributed by atoms with Crippen molar-refractivity contribution >= 4 is 29.1 Å². The summed E-state index contributed by atoms with van der Waals surface area (Å²) >= 11 is 11.8. The number of aromatic nitrogens is 2. The van der Waals surface area contributed by atoms with Crippen LogP contribution in [0.15, 0.2) is 46.9 Å². The first-order chi connectivity index (χ1) is 11.5. The van der Waals surface area contributed by atoms with E-state index in [4.69, 9.17) is 27.6 Å². The van der Waals surface area contributed by atoms with Crippen LogP contribution in [0.3, 0.4) is 0 Å². The van der Waals surface area contributed by atoms with Gasteiger partial charge < -0.3 is 9.73 Å². The quantitative estimate of drug-likeness (QED) is 0.752. The van der Waals surface area contributed by atoms with Crippen molar-refractivity contribution < 1.29 is 9.21 Å². The molecule has 0 atom stereocenters. The van der Waals surface area contributed by atoms with Gasteiger partial charge in [0.1, 0.15) is 0 Å². The molecule has 0 radical (unpaired) electrons. The van der Waals surface area contributed by atoms with Crippen LogP contribution in [-0.2, 0) is 6.54 Å². The van der Waals surface area contributed by atoms with E-state index in [-0.39, 0.29) is 17.5 Å². The van der Waals surface area contributed by atoms with Gasteiger partial charge in [-0.25, -0.2) is 0 Å². The third-order valence-electron chi connectivity index (χ3n) is 3.31. The highest BCUT2D eigenvalue weighted by Gasteiger charge is 2.13. The molecule has 2 aromatic carbocycles. The predicted molar refractivity (Wildman–Crippen MR) is 92.1 cm³/mol. The summed E-state index contributed by atoms with van der Waals surface area (Å²) in [6.07, 6.45) is 0. The first kappa shape index (κ1) is 16.5. The summed E-state index contributed by atoms with van der Waals surface area (Å²) in [5.74, 6) is 0.379. The van der Waals surface area contributed by atoms with Gasteiger partial charge in [-0.05, 0) is 37.3 Å². The van der Waals surface area contributed by atoms with Gasteiger partial charge in [0, 0.05) is 10.6 Å². The lowest BCUT2D eigenvalue weighted by Crippen LogP contribution is -2.23. The maximum Gasteiger partial charge on any atom is 0.253 e. The summed E-state index contributed by atoms with van der Waals surface area (Å²) in [4.78, 5) is 12.1. The summed E-state index contributed by atoms with van der Waals surface area (Å²) in [7, 11) is 0. The molecule has 0 bridgehead atoms. The molecule has 0 aliphatic carbocycles. The van der Waals surface area contributed by atoms with E-state index in [1.165, 1.54) is 6.07 Å². The molecule has 1 heterocycles. The van der Waals surface area contributed by atoms with Crippen molar-refractivity contribution in [2.75, 3.05) is 0 Å². The SMILES string of the molecule is Cc1cccc(-c2nnc(CNC(=O)c3ccc(Cl)cc3Cl)o2)c1. The van der Waals surface area contributed by atoms with Crippen molar-refractivity contribution in [2.45, 2.75) is 13.5 Å². The van der Waals surface area contributed by atoms with Gasteiger partial charge in [0.25, 0.3) is 5.91 Å². The fraction of sp³-hybridized carbons (Fsp3) is 0.118. The summed E-state index contributed by atoms with van der Waals surface area (Å²) < 4.78 is 5.57. The summed E-state index contributed by atoms with van der Waals surface area (Å²) in [6, 6.07) is 12.4. The van der Waals surface area contributed by atoms with Gasteiger partial charge >= 0.3 is 0 Å². The van der Waals surface area contributed by atoms with Gasteiger partial charge in [-0.2, -0.15) is 0 Å². The minimum Gasteiger partial charge on any atom is -0.419 e. The summed E-state index contributed by atoms with van der Waals surface area (Å²) in [5.41, 5.74) is 2.26. The Labute approximate surface area is 148 Å². The van der Waals surface area contributed by atoms with Gasteiger partial charge in [-0.3, -0.25) is 4.79 Å². The molecule has 0 saturated heterocycles. The molecule has 7 heteroatoms. The second-order valence-corrected chi connectivity index (χ2v) is 6.02. The van der Waals surface area contributed by atoms with Gasteiger partial charge in [-0.15, -0.1) is 10.2 Å². The zero-order chi connectivity index (χ0) is 17.1. The lowest BCUT2D eigenvalue weighted by atomic mass is 10.1. The largest absolute Gasteiger partial charge is 0.419 e. The van der Waals surface area contributed by atoms with Crippen LogP contribution in [0.25, 0.3) is 11.5 Å². The zero-order valence-electron chi connectivity index (χ0n) is 12.7.